The van der Waals surface area contributed by atoms with Gasteiger partial charge < -0.3 is 9.64 Å². The fourth-order valence-electron chi connectivity index (χ4n) is 3.09. The Balaban J connectivity index is 1.43. The topological polar surface area (TPSA) is 84.0 Å². The quantitative estimate of drug-likeness (QED) is 0.747. The van der Waals surface area contributed by atoms with Crippen LogP contribution in [0.1, 0.15) is 23.3 Å². The number of halogens is 1. The summed E-state index contributed by atoms with van der Waals surface area (Å²) in [5, 5.41) is 7.57. The zero-order valence-electron chi connectivity index (χ0n) is 14.5. The van der Waals surface area contributed by atoms with Crippen LogP contribution in [0.2, 0.25) is 5.02 Å². The van der Waals surface area contributed by atoms with E-state index < -0.39 is 0 Å². The van der Waals surface area contributed by atoms with Gasteiger partial charge in [0.15, 0.2) is 0 Å². The van der Waals surface area contributed by atoms with Gasteiger partial charge in [0, 0.05) is 12.1 Å². The Morgan fingerprint density at radius 2 is 2.00 bits per heavy atom. The Labute approximate surface area is 161 Å². The number of hydrogen-bond acceptors (Lipinski definition) is 5. The molecule has 138 valence electrons. The first-order valence-electron chi connectivity index (χ1n) is 8.73. The molecule has 27 heavy (non-hydrogen) atoms. The van der Waals surface area contributed by atoms with Crippen molar-refractivity contribution in [3.63, 3.8) is 0 Å². The molecule has 1 N–H and O–H groups in total. The van der Waals surface area contributed by atoms with Gasteiger partial charge in [-0.2, -0.15) is 5.10 Å². The Morgan fingerprint density at radius 3 is 2.78 bits per heavy atom. The first-order valence-corrected chi connectivity index (χ1v) is 9.11. The summed E-state index contributed by atoms with van der Waals surface area (Å²) in [5.74, 6) is -0.0880. The smallest absolute Gasteiger partial charge is 0.316 e. The minimum absolute atomic E-state index is 0.0880. The fraction of sp³-hybridized carbons (Fsp3) is 0.263. The van der Waals surface area contributed by atoms with Crippen molar-refractivity contribution < 1.29 is 9.53 Å². The Morgan fingerprint density at radius 1 is 1.22 bits per heavy atom. The molecule has 0 spiro atoms. The van der Waals surface area contributed by atoms with E-state index in [1.54, 1.807) is 11.0 Å². The lowest BCUT2D eigenvalue weighted by Gasteiger charge is -2.32. The van der Waals surface area contributed by atoms with E-state index in [1.165, 1.54) is 12.4 Å². The van der Waals surface area contributed by atoms with E-state index in [0.717, 1.165) is 24.1 Å². The highest BCUT2D eigenvalue weighted by molar-refractivity contribution is 6.30. The summed E-state index contributed by atoms with van der Waals surface area (Å²) in [6.07, 6.45) is 4.52. The van der Waals surface area contributed by atoms with Crippen LogP contribution in [0.5, 0.6) is 6.01 Å². The van der Waals surface area contributed by atoms with E-state index >= 15 is 0 Å². The molecule has 1 unspecified atom stereocenters. The maximum absolute atomic E-state index is 12.8. The number of aromatic amines is 1. The van der Waals surface area contributed by atoms with Crippen LogP contribution < -0.4 is 4.74 Å². The van der Waals surface area contributed by atoms with Gasteiger partial charge in [0.25, 0.3) is 5.91 Å². The van der Waals surface area contributed by atoms with E-state index in [-0.39, 0.29) is 18.0 Å². The van der Waals surface area contributed by atoms with Gasteiger partial charge in [0.05, 0.1) is 29.7 Å². The highest BCUT2D eigenvalue weighted by atomic mass is 35.5. The molecule has 0 aliphatic carbocycles. The summed E-state index contributed by atoms with van der Waals surface area (Å²) < 4.78 is 5.80. The third-order valence-electron chi connectivity index (χ3n) is 4.41. The van der Waals surface area contributed by atoms with Crippen LogP contribution in [-0.4, -0.2) is 50.2 Å². The average Bonchev–Trinajstić information content (AvgIpc) is 3.20. The van der Waals surface area contributed by atoms with Crippen molar-refractivity contribution in [1.82, 2.24) is 25.1 Å². The highest BCUT2D eigenvalue weighted by Crippen LogP contribution is 2.20. The van der Waals surface area contributed by atoms with Gasteiger partial charge in [-0.05, 0) is 18.9 Å². The van der Waals surface area contributed by atoms with Gasteiger partial charge in [0.1, 0.15) is 11.8 Å². The van der Waals surface area contributed by atoms with Crippen LogP contribution >= 0.6 is 11.6 Å². The standard InChI is InChI=1S/C19H18ClN5O2/c20-14-10-21-19(22-11-14)27-15-7-4-8-25(12-15)18(26)17-9-16(23-24-17)13-5-2-1-3-6-13/h1-3,5-6,9-11,15H,4,7-8,12H2,(H,23,24). The predicted molar refractivity (Wildman–Crippen MR) is 101 cm³/mol. The number of nitrogens with zero attached hydrogens (tertiary/aromatic N) is 4. The second-order valence-electron chi connectivity index (χ2n) is 6.35. The Hall–Kier alpha value is -2.93. The molecule has 3 aromatic rings. The summed E-state index contributed by atoms with van der Waals surface area (Å²) in [5.41, 5.74) is 2.18. The number of likely N-dealkylation sites (tertiary alicyclic amines) is 1. The first kappa shape index (κ1) is 17.5. The van der Waals surface area contributed by atoms with E-state index in [4.69, 9.17) is 16.3 Å². The van der Waals surface area contributed by atoms with Gasteiger partial charge in [-0.3, -0.25) is 9.89 Å². The molecule has 1 saturated heterocycles. The van der Waals surface area contributed by atoms with Crippen molar-refractivity contribution in [3.8, 4) is 17.3 Å². The molecule has 3 heterocycles. The normalized spacial score (nSPS) is 16.9. The molecule has 1 fully saturated rings. The number of piperidine rings is 1. The fourth-order valence-corrected chi connectivity index (χ4v) is 3.19. The van der Waals surface area contributed by atoms with Crippen LogP contribution in [0.25, 0.3) is 11.3 Å². The van der Waals surface area contributed by atoms with Gasteiger partial charge >= 0.3 is 6.01 Å². The SMILES string of the molecule is O=C(c1cc(-c2ccccc2)n[nH]1)N1CCCC(Oc2ncc(Cl)cn2)C1. The molecule has 1 aliphatic rings. The van der Waals surface area contributed by atoms with E-state index in [0.29, 0.717) is 23.8 Å². The van der Waals surface area contributed by atoms with Crippen LogP contribution in [0, 0.1) is 0 Å². The Kier molecular flexibility index (Phi) is 5.02. The summed E-state index contributed by atoms with van der Waals surface area (Å²) in [6.45, 7) is 1.16. The number of hydrogen-bond donors (Lipinski definition) is 1. The number of carbonyl (C=O) groups is 1. The lowest BCUT2D eigenvalue weighted by Crippen LogP contribution is -2.44. The highest BCUT2D eigenvalue weighted by Gasteiger charge is 2.27. The first-order chi connectivity index (χ1) is 13.2. The second kappa shape index (κ2) is 7.75. The molecular weight excluding hydrogens is 366 g/mol. The van der Waals surface area contributed by atoms with Crippen LogP contribution in [0.15, 0.2) is 48.8 Å². The maximum atomic E-state index is 12.8. The molecule has 1 aromatic carbocycles. The van der Waals surface area contributed by atoms with Gasteiger partial charge in [-0.15, -0.1) is 0 Å². The minimum Gasteiger partial charge on any atom is -0.458 e. The monoisotopic (exact) mass is 383 g/mol. The molecule has 0 bridgehead atoms. The summed E-state index contributed by atoms with van der Waals surface area (Å²) in [4.78, 5) is 22.7. The Bertz CT molecular complexity index is 913. The number of H-pyrrole nitrogens is 1. The molecule has 1 aliphatic heterocycles. The van der Waals surface area contributed by atoms with Gasteiger partial charge in [-0.1, -0.05) is 41.9 Å². The molecule has 0 radical (unpaired) electrons. The molecule has 7 nitrogen and oxygen atoms in total. The van der Waals surface area contributed by atoms with Crippen LogP contribution in [0.4, 0.5) is 0 Å². The number of carbonyl (C=O) groups excluding carboxylic acids is 1. The number of rotatable bonds is 4. The van der Waals surface area contributed by atoms with Crippen molar-refractivity contribution >= 4 is 17.5 Å². The molecule has 8 heteroatoms. The lowest BCUT2D eigenvalue weighted by molar-refractivity contribution is 0.0510. The lowest BCUT2D eigenvalue weighted by atomic mass is 10.1. The van der Waals surface area contributed by atoms with Crippen molar-refractivity contribution in [2.75, 3.05) is 13.1 Å². The van der Waals surface area contributed by atoms with Crippen LogP contribution in [0.3, 0.4) is 0 Å². The number of ether oxygens (including phenoxy) is 1. The zero-order valence-corrected chi connectivity index (χ0v) is 15.3. The minimum atomic E-state index is -0.152. The molecule has 2 aromatic heterocycles. The number of benzene rings is 1. The molecule has 1 atom stereocenters. The predicted octanol–water partition coefficient (Wildman–Crippen LogP) is 3.20. The molecular formula is C19H18ClN5O2. The van der Waals surface area contributed by atoms with E-state index in [9.17, 15) is 4.79 Å². The third kappa shape index (κ3) is 4.09. The summed E-state index contributed by atoms with van der Waals surface area (Å²) in [6, 6.07) is 11.8. The zero-order chi connectivity index (χ0) is 18.6. The number of nitrogens with one attached hydrogen (secondary N) is 1. The average molecular weight is 384 g/mol. The second-order valence-corrected chi connectivity index (χ2v) is 6.79. The van der Waals surface area contributed by atoms with Crippen molar-refractivity contribution in [3.05, 3.63) is 59.5 Å². The van der Waals surface area contributed by atoms with E-state index in [1.807, 2.05) is 30.3 Å². The number of aromatic nitrogens is 4. The molecule has 0 saturated carbocycles. The van der Waals surface area contributed by atoms with Crippen LogP contribution in [-0.2, 0) is 0 Å². The number of amides is 1. The largest absolute Gasteiger partial charge is 0.458 e. The van der Waals surface area contributed by atoms with E-state index in [2.05, 4.69) is 20.2 Å². The third-order valence-corrected chi connectivity index (χ3v) is 4.61. The maximum Gasteiger partial charge on any atom is 0.316 e. The summed E-state index contributed by atoms with van der Waals surface area (Å²) >= 11 is 5.79. The van der Waals surface area contributed by atoms with Gasteiger partial charge in [0.2, 0.25) is 0 Å². The molecule has 1 amide bonds. The van der Waals surface area contributed by atoms with Crippen molar-refractivity contribution in [2.24, 2.45) is 0 Å². The van der Waals surface area contributed by atoms with Crippen molar-refractivity contribution in [1.29, 1.82) is 0 Å². The van der Waals surface area contributed by atoms with Gasteiger partial charge in [-0.25, -0.2) is 9.97 Å². The van der Waals surface area contributed by atoms with Crippen molar-refractivity contribution in [2.45, 2.75) is 18.9 Å². The summed E-state index contributed by atoms with van der Waals surface area (Å²) in [7, 11) is 0. The molecule has 4 rings (SSSR count).